The van der Waals surface area contributed by atoms with Crippen LogP contribution in [0.5, 0.6) is 11.5 Å². The molecule has 2 aromatic carbocycles. The van der Waals surface area contributed by atoms with E-state index in [1.807, 2.05) is 0 Å². The zero-order chi connectivity index (χ0) is 15.4. The third-order valence-electron chi connectivity index (χ3n) is 2.98. The van der Waals surface area contributed by atoms with Gasteiger partial charge in [0, 0.05) is 11.1 Å². The van der Waals surface area contributed by atoms with E-state index >= 15 is 0 Å². The van der Waals surface area contributed by atoms with Crippen LogP contribution in [0.1, 0.15) is 22.8 Å². The summed E-state index contributed by atoms with van der Waals surface area (Å²) in [5.74, 6) is -1.64. The lowest BCUT2D eigenvalue weighted by Crippen LogP contribution is -2.03. The first-order valence-electron chi connectivity index (χ1n) is 6.27. The molecule has 0 saturated carbocycles. The zero-order valence-electron chi connectivity index (χ0n) is 11.7. The highest BCUT2D eigenvalue weighted by Gasteiger charge is 2.12. The number of halogens is 2. The van der Waals surface area contributed by atoms with Gasteiger partial charge in [0.1, 0.15) is 12.4 Å². The topological polar surface area (TPSA) is 35.5 Å². The maximum Gasteiger partial charge on any atom is 0.191 e. The summed E-state index contributed by atoms with van der Waals surface area (Å²) >= 11 is 0. The van der Waals surface area contributed by atoms with Gasteiger partial charge in [-0.3, -0.25) is 4.79 Å². The van der Waals surface area contributed by atoms with Crippen LogP contribution in [0.2, 0.25) is 0 Å². The fourth-order valence-corrected chi connectivity index (χ4v) is 1.88. The molecule has 0 bridgehead atoms. The Labute approximate surface area is 121 Å². The molecule has 2 aromatic rings. The third kappa shape index (κ3) is 3.37. The van der Waals surface area contributed by atoms with Crippen LogP contribution in [-0.4, -0.2) is 12.9 Å². The van der Waals surface area contributed by atoms with Crippen LogP contribution >= 0.6 is 0 Å². The van der Waals surface area contributed by atoms with E-state index in [-0.39, 0.29) is 12.4 Å². The Hall–Kier alpha value is -2.43. The lowest BCUT2D eigenvalue weighted by atomic mass is 10.1. The quantitative estimate of drug-likeness (QED) is 0.787. The van der Waals surface area contributed by atoms with Crippen molar-refractivity contribution in [1.82, 2.24) is 0 Å². The highest BCUT2D eigenvalue weighted by Crippen LogP contribution is 2.25. The van der Waals surface area contributed by atoms with Gasteiger partial charge in [-0.05, 0) is 37.3 Å². The Balaban J connectivity index is 2.26. The summed E-state index contributed by atoms with van der Waals surface area (Å²) < 4.78 is 37.3. The smallest absolute Gasteiger partial charge is 0.191 e. The second kappa shape index (κ2) is 6.35. The van der Waals surface area contributed by atoms with E-state index in [2.05, 4.69) is 0 Å². The van der Waals surface area contributed by atoms with E-state index in [1.165, 1.54) is 20.1 Å². The zero-order valence-corrected chi connectivity index (χ0v) is 11.7. The lowest BCUT2D eigenvalue weighted by molar-refractivity contribution is 0.101. The van der Waals surface area contributed by atoms with Gasteiger partial charge < -0.3 is 9.47 Å². The Bertz CT molecular complexity index is 648. The summed E-state index contributed by atoms with van der Waals surface area (Å²) in [4.78, 5) is 11.4. The van der Waals surface area contributed by atoms with E-state index in [9.17, 15) is 13.6 Å². The van der Waals surface area contributed by atoms with Gasteiger partial charge in [-0.15, -0.1) is 0 Å². The summed E-state index contributed by atoms with van der Waals surface area (Å²) in [5, 5.41) is 0. The van der Waals surface area contributed by atoms with Crippen LogP contribution in [0.15, 0.2) is 36.4 Å². The number of Topliss-reactive ketones (excluding diaryl/α,β-unsaturated/α-hetero) is 1. The minimum Gasteiger partial charge on any atom is -0.496 e. The van der Waals surface area contributed by atoms with Crippen LogP contribution in [0.25, 0.3) is 0 Å². The number of ketones is 1. The second-order valence-corrected chi connectivity index (χ2v) is 4.42. The molecule has 0 aliphatic rings. The number of benzene rings is 2. The fraction of sp³-hybridized carbons (Fsp3) is 0.188. The van der Waals surface area contributed by atoms with Crippen LogP contribution in [0, 0.1) is 11.6 Å². The molecular formula is C16H14F2O3. The largest absolute Gasteiger partial charge is 0.496 e. The summed E-state index contributed by atoms with van der Waals surface area (Å²) in [5.41, 5.74) is 1.01. The van der Waals surface area contributed by atoms with Crippen molar-refractivity contribution in [2.45, 2.75) is 13.5 Å². The van der Waals surface area contributed by atoms with Crippen molar-refractivity contribution in [1.29, 1.82) is 0 Å². The number of rotatable bonds is 5. The Morgan fingerprint density at radius 2 is 1.81 bits per heavy atom. The van der Waals surface area contributed by atoms with E-state index in [4.69, 9.17) is 9.47 Å². The molecule has 2 rings (SSSR count). The number of para-hydroxylation sites is 1. The molecule has 0 heterocycles. The molecule has 0 atom stereocenters. The molecule has 0 radical (unpaired) electrons. The monoisotopic (exact) mass is 292 g/mol. The Kier molecular flexibility index (Phi) is 4.52. The van der Waals surface area contributed by atoms with Crippen LogP contribution in [-0.2, 0) is 6.61 Å². The first-order valence-corrected chi connectivity index (χ1v) is 6.27. The number of carbonyl (C=O) groups is 1. The molecule has 0 aliphatic carbocycles. The maximum atomic E-state index is 13.5. The van der Waals surface area contributed by atoms with Crippen LogP contribution < -0.4 is 9.47 Å². The van der Waals surface area contributed by atoms with Crippen LogP contribution in [0.3, 0.4) is 0 Å². The summed E-state index contributed by atoms with van der Waals surface area (Å²) in [6.45, 7) is 1.32. The molecule has 5 heteroatoms. The molecule has 0 aromatic heterocycles. The summed E-state index contributed by atoms with van der Waals surface area (Å²) in [6.07, 6.45) is 0. The molecule has 0 amide bonds. The molecule has 3 nitrogen and oxygen atoms in total. The molecule has 0 saturated heterocycles. The van der Waals surface area contributed by atoms with Crippen LogP contribution in [0.4, 0.5) is 8.78 Å². The standard InChI is InChI=1S/C16H14F2O3/c1-10(19)11-6-7-15(20-2)12(8-11)9-21-16-13(17)4-3-5-14(16)18/h3-8H,9H2,1-2H3. The average Bonchev–Trinajstić information content (AvgIpc) is 2.46. The van der Waals surface area contributed by atoms with Crippen molar-refractivity contribution in [2.75, 3.05) is 7.11 Å². The van der Waals surface area contributed by atoms with Crippen molar-refractivity contribution >= 4 is 5.78 Å². The van der Waals surface area contributed by atoms with Gasteiger partial charge in [0.2, 0.25) is 0 Å². The SMILES string of the molecule is COc1ccc(C(C)=O)cc1COc1c(F)cccc1F. The number of ether oxygens (including phenoxy) is 2. The number of hydrogen-bond donors (Lipinski definition) is 0. The van der Waals surface area contributed by atoms with Gasteiger partial charge in [0.15, 0.2) is 23.2 Å². The fourth-order valence-electron chi connectivity index (χ4n) is 1.88. The lowest BCUT2D eigenvalue weighted by Gasteiger charge is -2.12. The molecule has 0 fully saturated rings. The van der Waals surface area contributed by atoms with Crippen molar-refractivity contribution in [3.63, 3.8) is 0 Å². The number of hydrogen-bond acceptors (Lipinski definition) is 3. The normalized spacial score (nSPS) is 10.3. The molecular weight excluding hydrogens is 278 g/mol. The van der Waals surface area contributed by atoms with E-state index in [0.29, 0.717) is 16.9 Å². The molecule has 110 valence electrons. The number of carbonyl (C=O) groups excluding carboxylic acids is 1. The van der Waals surface area contributed by atoms with Gasteiger partial charge >= 0.3 is 0 Å². The van der Waals surface area contributed by atoms with E-state index in [1.54, 1.807) is 18.2 Å². The Morgan fingerprint density at radius 3 is 2.38 bits per heavy atom. The first-order chi connectivity index (χ1) is 10.0. The predicted molar refractivity (Wildman–Crippen MR) is 73.7 cm³/mol. The van der Waals surface area contributed by atoms with Gasteiger partial charge in [0.05, 0.1) is 7.11 Å². The number of methoxy groups -OCH3 is 1. The van der Waals surface area contributed by atoms with Gasteiger partial charge in [-0.1, -0.05) is 6.07 Å². The summed E-state index contributed by atoms with van der Waals surface area (Å²) in [7, 11) is 1.47. The first kappa shape index (κ1) is 15.0. The minimum absolute atomic E-state index is 0.109. The van der Waals surface area contributed by atoms with Crippen molar-refractivity contribution in [2.24, 2.45) is 0 Å². The maximum absolute atomic E-state index is 13.5. The molecule has 0 aliphatic heterocycles. The average molecular weight is 292 g/mol. The van der Waals surface area contributed by atoms with E-state index in [0.717, 1.165) is 12.1 Å². The van der Waals surface area contributed by atoms with Crippen molar-refractivity contribution < 1.29 is 23.0 Å². The minimum atomic E-state index is -0.781. The highest BCUT2D eigenvalue weighted by atomic mass is 19.1. The Morgan fingerprint density at radius 1 is 1.14 bits per heavy atom. The highest BCUT2D eigenvalue weighted by molar-refractivity contribution is 5.94. The molecule has 0 unspecified atom stereocenters. The summed E-state index contributed by atoms with van der Waals surface area (Å²) in [6, 6.07) is 8.30. The van der Waals surface area contributed by atoms with Gasteiger partial charge in [-0.2, -0.15) is 0 Å². The van der Waals surface area contributed by atoms with Gasteiger partial charge in [0.25, 0.3) is 0 Å². The molecule has 0 N–H and O–H groups in total. The van der Waals surface area contributed by atoms with Gasteiger partial charge in [-0.25, -0.2) is 8.78 Å². The molecule has 0 spiro atoms. The van der Waals surface area contributed by atoms with E-state index < -0.39 is 17.4 Å². The molecule has 21 heavy (non-hydrogen) atoms. The second-order valence-electron chi connectivity index (χ2n) is 4.42. The third-order valence-corrected chi connectivity index (χ3v) is 2.98. The van der Waals surface area contributed by atoms with Crippen molar-refractivity contribution in [3.8, 4) is 11.5 Å². The van der Waals surface area contributed by atoms with Crippen molar-refractivity contribution in [3.05, 3.63) is 59.2 Å². The predicted octanol–water partition coefficient (Wildman–Crippen LogP) is 3.76.